The quantitative estimate of drug-likeness (QED) is 0.643. The standard InChI is InChI=1S/C7H12N2O/c1-10-7-4-6(2-3-8)5-9-7/h4-5,9H,2-3,8H2,1H3. The van der Waals surface area contributed by atoms with Crippen LogP contribution in [0.5, 0.6) is 5.88 Å². The normalized spacial score (nSPS) is 9.80. The van der Waals surface area contributed by atoms with Gasteiger partial charge in [0.2, 0.25) is 0 Å². The molecule has 0 unspecified atom stereocenters. The summed E-state index contributed by atoms with van der Waals surface area (Å²) in [5, 5.41) is 0. The second-order valence-electron chi connectivity index (χ2n) is 2.11. The lowest BCUT2D eigenvalue weighted by molar-refractivity contribution is 0.400. The van der Waals surface area contributed by atoms with Crippen LogP contribution in [0.1, 0.15) is 5.56 Å². The highest BCUT2D eigenvalue weighted by Crippen LogP contribution is 2.09. The predicted octanol–water partition coefficient (Wildman–Crippen LogP) is 0.525. The summed E-state index contributed by atoms with van der Waals surface area (Å²) >= 11 is 0. The molecule has 0 amide bonds. The number of hydrogen-bond donors (Lipinski definition) is 2. The molecule has 0 saturated heterocycles. The van der Waals surface area contributed by atoms with Crippen LogP contribution in [0.25, 0.3) is 0 Å². The molecule has 0 aromatic carbocycles. The van der Waals surface area contributed by atoms with Crippen LogP contribution in [0.4, 0.5) is 0 Å². The van der Waals surface area contributed by atoms with Gasteiger partial charge in [-0.2, -0.15) is 0 Å². The monoisotopic (exact) mass is 140 g/mol. The minimum absolute atomic E-state index is 0.682. The molecule has 0 aliphatic rings. The van der Waals surface area contributed by atoms with E-state index in [4.69, 9.17) is 10.5 Å². The number of H-pyrrole nitrogens is 1. The van der Waals surface area contributed by atoms with Crippen molar-refractivity contribution in [1.29, 1.82) is 0 Å². The number of nitrogens with one attached hydrogen (secondary N) is 1. The second-order valence-corrected chi connectivity index (χ2v) is 2.11. The van der Waals surface area contributed by atoms with Crippen molar-refractivity contribution in [3.8, 4) is 5.88 Å². The van der Waals surface area contributed by atoms with Crippen molar-refractivity contribution in [2.75, 3.05) is 13.7 Å². The molecule has 1 heterocycles. The van der Waals surface area contributed by atoms with Gasteiger partial charge in [0, 0.05) is 12.3 Å². The highest BCUT2D eigenvalue weighted by atomic mass is 16.5. The lowest BCUT2D eigenvalue weighted by Crippen LogP contribution is -2.01. The van der Waals surface area contributed by atoms with E-state index in [1.807, 2.05) is 12.3 Å². The molecule has 56 valence electrons. The Kier molecular flexibility index (Phi) is 2.34. The minimum atomic E-state index is 0.682. The van der Waals surface area contributed by atoms with Gasteiger partial charge in [0.1, 0.15) is 0 Å². The summed E-state index contributed by atoms with van der Waals surface area (Å²) in [6.07, 6.45) is 2.81. The van der Waals surface area contributed by atoms with Crippen molar-refractivity contribution in [2.45, 2.75) is 6.42 Å². The molecule has 10 heavy (non-hydrogen) atoms. The third-order valence-electron chi connectivity index (χ3n) is 1.37. The van der Waals surface area contributed by atoms with Crippen LogP contribution in [-0.2, 0) is 6.42 Å². The second kappa shape index (κ2) is 3.27. The molecule has 0 atom stereocenters. The van der Waals surface area contributed by atoms with E-state index in [2.05, 4.69) is 4.98 Å². The zero-order chi connectivity index (χ0) is 7.40. The summed E-state index contributed by atoms with van der Waals surface area (Å²) in [4.78, 5) is 2.96. The van der Waals surface area contributed by atoms with Crippen molar-refractivity contribution in [3.63, 3.8) is 0 Å². The topological polar surface area (TPSA) is 51.0 Å². The van der Waals surface area contributed by atoms with E-state index >= 15 is 0 Å². The Morgan fingerprint density at radius 1 is 1.70 bits per heavy atom. The van der Waals surface area contributed by atoms with Gasteiger partial charge >= 0.3 is 0 Å². The van der Waals surface area contributed by atoms with E-state index in [1.54, 1.807) is 7.11 Å². The zero-order valence-corrected chi connectivity index (χ0v) is 6.05. The van der Waals surface area contributed by atoms with Crippen LogP contribution in [-0.4, -0.2) is 18.6 Å². The Morgan fingerprint density at radius 3 is 3.00 bits per heavy atom. The fourth-order valence-corrected chi connectivity index (χ4v) is 0.844. The van der Waals surface area contributed by atoms with Gasteiger partial charge in [-0.05, 0) is 18.5 Å². The number of ether oxygens (including phenoxy) is 1. The van der Waals surface area contributed by atoms with E-state index < -0.39 is 0 Å². The number of rotatable bonds is 3. The number of methoxy groups -OCH3 is 1. The Morgan fingerprint density at radius 2 is 2.50 bits per heavy atom. The molecule has 0 aliphatic carbocycles. The molecular formula is C7H12N2O. The molecule has 0 radical (unpaired) electrons. The predicted molar refractivity (Wildman–Crippen MR) is 40.1 cm³/mol. The van der Waals surface area contributed by atoms with Gasteiger partial charge in [0.05, 0.1) is 7.11 Å². The average molecular weight is 140 g/mol. The SMILES string of the molecule is COc1cc(CCN)c[nH]1. The zero-order valence-electron chi connectivity index (χ0n) is 6.05. The third kappa shape index (κ3) is 1.51. The van der Waals surface area contributed by atoms with E-state index in [0.717, 1.165) is 12.3 Å². The van der Waals surface area contributed by atoms with E-state index in [9.17, 15) is 0 Å². The van der Waals surface area contributed by atoms with Crippen LogP contribution in [0, 0.1) is 0 Å². The summed E-state index contributed by atoms with van der Waals surface area (Å²) in [5.74, 6) is 0.795. The summed E-state index contributed by atoms with van der Waals surface area (Å²) in [6, 6.07) is 1.95. The maximum Gasteiger partial charge on any atom is 0.190 e. The number of hydrogen-bond acceptors (Lipinski definition) is 2. The molecule has 1 aromatic heterocycles. The number of aromatic nitrogens is 1. The Hall–Kier alpha value is -0.960. The molecule has 1 aromatic rings. The first-order valence-electron chi connectivity index (χ1n) is 3.28. The smallest absolute Gasteiger partial charge is 0.190 e. The van der Waals surface area contributed by atoms with Crippen LogP contribution in [0.15, 0.2) is 12.3 Å². The van der Waals surface area contributed by atoms with Gasteiger partial charge in [-0.3, -0.25) is 0 Å². The Bertz CT molecular complexity index is 195. The molecule has 0 saturated carbocycles. The van der Waals surface area contributed by atoms with Crippen LogP contribution in [0.2, 0.25) is 0 Å². The molecule has 0 bridgehead atoms. The van der Waals surface area contributed by atoms with Gasteiger partial charge in [-0.25, -0.2) is 0 Å². The first kappa shape index (κ1) is 7.15. The Balaban J connectivity index is 2.59. The van der Waals surface area contributed by atoms with Gasteiger partial charge in [-0.1, -0.05) is 0 Å². The molecular weight excluding hydrogens is 128 g/mol. The average Bonchev–Trinajstić information content (AvgIpc) is 2.37. The lowest BCUT2D eigenvalue weighted by Gasteiger charge is -1.90. The fourth-order valence-electron chi connectivity index (χ4n) is 0.844. The highest BCUT2D eigenvalue weighted by molar-refractivity contribution is 5.21. The number of aromatic amines is 1. The van der Waals surface area contributed by atoms with Crippen LogP contribution >= 0.6 is 0 Å². The highest BCUT2D eigenvalue weighted by Gasteiger charge is 1.95. The molecule has 0 aliphatic heterocycles. The molecule has 0 fully saturated rings. The molecule has 0 spiro atoms. The lowest BCUT2D eigenvalue weighted by atomic mass is 10.2. The first-order chi connectivity index (χ1) is 4.86. The van der Waals surface area contributed by atoms with Gasteiger partial charge in [-0.15, -0.1) is 0 Å². The number of nitrogens with two attached hydrogens (primary N) is 1. The summed E-state index contributed by atoms with van der Waals surface area (Å²) in [7, 11) is 1.64. The van der Waals surface area contributed by atoms with E-state index in [-0.39, 0.29) is 0 Å². The summed E-state index contributed by atoms with van der Waals surface area (Å²) in [5.41, 5.74) is 6.55. The van der Waals surface area contributed by atoms with Crippen molar-refractivity contribution >= 4 is 0 Å². The van der Waals surface area contributed by atoms with Crippen molar-refractivity contribution in [2.24, 2.45) is 5.73 Å². The van der Waals surface area contributed by atoms with Crippen molar-refractivity contribution < 1.29 is 4.74 Å². The summed E-state index contributed by atoms with van der Waals surface area (Å²) < 4.78 is 4.94. The molecule has 3 nitrogen and oxygen atoms in total. The van der Waals surface area contributed by atoms with Gasteiger partial charge in [0.15, 0.2) is 5.88 Å². The molecule has 1 rings (SSSR count). The maximum absolute atomic E-state index is 5.36. The Labute approximate surface area is 60.2 Å². The van der Waals surface area contributed by atoms with Gasteiger partial charge in [0.25, 0.3) is 0 Å². The third-order valence-corrected chi connectivity index (χ3v) is 1.37. The molecule has 3 N–H and O–H groups in total. The molecule has 3 heteroatoms. The van der Waals surface area contributed by atoms with Crippen molar-refractivity contribution in [1.82, 2.24) is 4.98 Å². The summed E-state index contributed by atoms with van der Waals surface area (Å²) in [6.45, 7) is 0.682. The van der Waals surface area contributed by atoms with E-state index in [1.165, 1.54) is 5.56 Å². The van der Waals surface area contributed by atoms with E-state index in [0.29, 0.717) is 6.54 Å². The van der Waals surface area contributed by atoms with Gasteiger partial charge < -0.3 is 15.5 Å². The van der Waals surface area contributed by atoms with Crippen molar-refractivity contribution in [3.05, 3.63) is 17.8 Å². The fraction of sp³-hybridized carbons (Fsp3) is 0.429. The maximum atomic E-state index is 5.36. The largest absolute Gasteiger partial charge is 0.482 e. The minimum Gasteiger partial charge on any atom is -0.482 e. The van der Waals surface area contributed by atoms with Crippen LogP contribution < -0.4 is 10.5 Å². The van der Waals surface area contributed by atoms with Crippen LogP contribution in [0.3, 0.4) is 0 Å². The first-order valence-corrected chi connectivity index (χ1v) is 3.28.